The van der Waals surface area contributed by atoms with E-state index in [1.165, 1.54) is 30.0 Å². The minimum absolute atomic E-state index is 0.0811. The Kier molecular flexibility index (Phi) is 5.58. The molecule has 1 atom stereocenters. The highest BCUT2D eigenvalue weighted by molar-refractivity contribution is 6.05. The zero-order chi connectivity index (χ0) is 21.1. The second kappa shape index (κ2) is 8.09. The van der Waals surface area contributed by atoms with Crippen molar-refractivity contribution in [2.24, 2.45) is 0 Å². The first kappa shape index (κ1) is 20.0. The van der Waals surface area contributed by atoms with Crippen molar-refractivity contribution in [3.63, 3.8) is 0 Å². The summed E-state index contributed by atoms with van der Waals surface area (Å²) >= 11 is 0. The van der Waals surface area contributed by atoms with E-state index in [9.17, 15) is 24.5 Å². The first-order valence-electron chi connectivity index (χ1n) is 8.91. The number of hydrogen-bond acceptors (Lipinski definition) is 6. The number of fused-ring (bicyclic) bond motifs is 1. The van der Waals surface area contributed by atoms with Gasteiger partial charge in [0.15, 0.2) is 6.61 Å². The molecule has 0 fully saturated rings. The number of carbonyl (C=O) groups excluding carboxylic acids is 3. The Balaban J connectivity index is 1.81. The summed E-state index contributed by atoms with van der Waals surface area (Å²) in [5.74, 6) is -1.73. The van der Waals surface area contributed by atoms with Crippen LogP contribution >= 0.6 is 0 Å². The SMILES string of the molecule is Cc1cccc(C(=O)OCC(=O)N2c3ccccc3NC(=O)C[C@@H]2C)c1[N+](=O)[O-]. The van der Waals surface area contributed by atoms with Crippen molar-refractivity contribution in [1.29, 1.82) is 0 Å². The highest BCUT2D eigenvalue weighted by atomic mass is 16.6. The zero-order valence-corrected chi connectivity index (χ0v) is 15.9. The summed E-state index contributed by atoms with van der Waals surface area (Å²) in [6.45, 7) is 2.61. The smallest absolute Gasteiger partial charge is 0.345 e. The van der Waals surface area contributed by atoms with Gasteiger partial charge in [0.25, 0.3) is 11.6 Å². The Labute approximate surface area is 166 Å². The number of benzene rings is 2. The second-order valence-electron chi connectivity index (χ2n) is 6.69. The van der Waals surface area contributed by atoms with Crippen molar-refractivity contribution in [2.45, 2.75) is 26.3 Å². The van der Waals surface area contributed by atoms with Crippen LogP contribution in [-0.2, 0) is 14.3 Å². The van der Waals surface area contributed by atoms with E-state index in [-0.39, 0.29) is 23.6 Å². The van der Waals surface area contributed by atoms with Crippen LogP contribution in [0.3, 0.4) is 0 Å². The molecule has 1 heterocycles. The number of amides is 2. The van der Waals surface area contributed by atoms with Crippen molar-refractivity contribution in [2.75, 3.05) is 16.8 Å². The number of esters is 1. The Morgan fingerprint density at radius 2 is 1.97 bits per heavy atom. The van der Waals surface area contributed by atoms with Crippen LogP contribution in [0, 0.1) is 17.0 Å². The van der Waals surface area contributed by atoms with Crippen LogP contribution in [0.25, 0.3) is 0 Å². The van der Waals surface area contributed by atoms with Gasteiger partial charge < -0.3 is 15.0 Å². The van der Waals surface area contributed by atoms with Crippen molar-refractivity contribution in [1.82, 2.24) is 0 Å². The van der Waals surface area contributed by atoms with Gasteiger partial charge in [0.2, 0.25) is 5.91 Å². The zero-order valence-electron chi connectivity index (χ0n) is 15.9. The molecule has 9 nitrogen and oxygen atoms in total. The third-order valence-electron chi connectivity index (χ3n) is 4.59. The van der Waals surface area contributed by atoms with E-state index < -0.39 is 29.4 Å². The number of hydrogen-bond donors (Lipinski definition) is 1. The lowest BCUT2D eigenvalue weighted by molar-refractivity contribution is -0.385. The van der Waals surface area contributed by atoms with Gasteiger partial charge in [0, 0.05) is 18.0 Å². The highest BCUT2D eigenvalue weighted by Crippen LogP contribution is 2.31. The fraction of sp³-hybridized carbons (Fsp3) is 0.250. The van der Waals surface area contributed by atoms with Gasteiger partial charge in [-0.1, -0.05) is 24.3 Å². The molecule has 0 aliphatic carbocycles. The minimum Gasteiger partial charge on any atom is -0.452 e. The average Bonchev–Trinajstić information content (AvgIpc) is 2.79. The summed E-state index contributed by atoms with van der Waals surface area (Å²) in [6, 6.07) is 10.7. The van der Waals surface area contributed by atoms with E-state index in [1.807, 2.05) is 0 Å². The summed E-state index contributed by atoms with van der Waals surface area (Å²) in [7, 11) is 0. The molecule has 2 aromatic rings. The van der Waals surface area contributed by atoms with Crippen LogP contribution in [0.5, 0.6) is 0 Å². The van der Waals surface area contributed by atoms with E-state index in [4.69, 9.17) is 4.74 Å². The largest absolute Gasteiger partial charge is 0.452 e. The maximum Gasteiger partial charge on any atom is 0.345 e. The van der Waals surface area contributed by atoms with Crippen LogP contribution in [0.1, 0.15) is 29.3 Å². The molecule has 0 radical (unpaired) electrons. The molecule has 1 N–H and O–H groups in total. The molecule has 0 saturated carbocycles. The van der Waals surface area contributed by atoms with E-state index in [2.05, 4.69) is 5.32 Å². The second-order valence-corrected chi connectivity index (χ2v) is 6.69. The third kappa shape index (κ3) is 4.08. The molecular formula is C20H19N3O6. The van der Waals surface area contributed by atoms with Gasteiger partial charge in [-0.15, -0.1) is 0 Å². The molecule has 0 aromatic heterocycles. The van der Waals surface area contributed by atoms with E-state index in [0.29, 0.717) is 16.9 Å². The normalized spacial score (nSPS) is 15.7. The lowest BCUT2D eigenvalue weighted by atomic mass is 10.1. The van der Waals surface area contributed by atoms with Crippen molar-refractivity contribution in [3.05, 3.63) is 63.7 Å². The van der Waals surface area contributed by atoms with Crippen LogP contribution in [0.15, 0.2) is 42.5 Å². The number of carbonyl (C=O) groups is 3. The number of nitro benzene ring substituents is 1. The molecule has 0 bridgehead atoms. The van der Waals surface area contributed by atoms with Gasteiger partial charge in [0.1, 0.15) is 5.56 Å². The Bertz CT molecular complexity index is 1000. The number of ether oxygens (including phenoxy) is 1. The number of nitrogens with one attached hydrogen (secondary N) is 1. The van der Waals surface area contributed by atoms with Crippen molar-refractivity contribution >= 4 is 34.8 Å². The number of nitrogens with zero attached hydrogens (tertiary/aromatic N) is 2. The molecule has 0 unspecified atom stereocenters. The monoisotopic (exact) mass is 397 g/mol. The van der Waals surface area contributed by atoms with E-state index >= 15 is 0 Å². The summed E-state index contributed by atoms with van der Waals surface area (Å²) in [5.41, 5.74) is 0.719. The standard InChI is InChI=1S/C20H19N3O6/c1-12-6-5-7-14(19(12)23(27)28)20(26)29-11-18(25)22-13(2)10-17(24)21-15-8-3-4-9-16(15)22/h3-9,13H,10-11H2,1-2H3,(H,21,24)/t13-/m0/s1. The Hall–Kier alpha value is -3.75. The molecule has 3 rings (SSSR count). The number of rotatable bonds is 4. The lowest BCUT2D eigenvalue weighted by Gasteiger charge is -2.27. The molecule has 2 aromatic carbocycles. The molecule has 0 spiro atoms. The molecular weight excluding hydrogens is 378 g/mol. The summed E-state index contributed by atoms with van der Waals surface area (Å²) in [4.78, 5) is 49.2. The van der Waals surface area contributed by atoms with Gasteiger partial charge >= 0.3 is 5.97 Å². The van der Waals surface area contributed by atoms with Crippen molar-refractivity contribution < 1.29 is 24.0 Å². The number of aryl methyl sites for hydroxylation is 1. The minimum atomic E-state index is -0.960. The number of nitro groups is 1. The third-order valence-corrected chi connectivity index (χ3v) is 4.59. The maximum atomic E-state index is 12.8. The van der Waals surface area contributed by atoms with Gasteiger partial charge in [0.05, 0.1) is 16.3 Å². The van der Waals surface area contributed by atoms with Crippen molar-refractivity contribution in [3.8, 4) is 0 Å². The van der Waals surface area contributed by atoms with Crippen LogP contribution in [0.4, 0.5) is 17.1 Å². The van der Waals surface area contributed by atoms with E-state index in [0.717, 1.165) is 0 Å². The molecule has 150 valence electrons. The molecule has 29 heavy (non-hydrogen) atoms. The average molecular weight is 397 g/mol. The number of para-hydroxylation sites is 3. The predicted octanol–water partition coefficient (Wildman–Crippen LogP) is 2.82. The predicted molar refractivity (Wildman–Crippen MR) is 105 cm³/mol. The Morgan fingerprint density at radius 1 is 1.24 bits per heavy atom. The maximum absolute atomic E-state index is 12.8. The fourth-order valence-electron chi connectivity index (χ4n) is 3.31. The molecule has 9 heteroatoms. The number of anilines is 2. The summed E-state index contributed by atoms with van der Waals surface area (Å²) in [6.07, 6.45) is 0.0811. The quantitative estimate of drug-likeness (QED) is 0.481. The van der Waals surface area contributed by atoms with Crippen LogP contribution in [-0.4, -0.2) is 35.4 Å². The molecule has 0 saturated heterocycles. The molecule has 1 aliphatic heterocycles. The van der Waals surface area contributed by atoms with Crippen LogP contribution in [0.2, 0.25) is 0 Å². The molecule has 1 aliphatic rings. The summed E-state index contributed by atoms with van der Waals surface area (Å²) < 4.78 is 5.08. The van der Waals surface area contributed by atoms with Gasteiger partial charge in [-0.25, -0.2) is 4.79 Å². The first-order chi connectivity index (χ1) is 13.8. The molecule has 2 amide bonds. The fourth-order valence-corrected chi connectivity index (χ4v) is 3.31. The highest BCUT2D eigenvalue weighted by Gasteiger charge is 2.31. The van der Waals surface area contributed by atoms with E-state index in [1.54, 1.807) is 31.2 Å². The van der Waals surface area contributed by atoms with Gasteiger partial charge in [-0.2, -0.15) is 0 Å². The lowest BCUT2D eigenvalue weighted by Crippen LogP contribution is -2.41. The Morgan fingerprint density at radius 3 is 2.69 bits per heavy atom. The topological polar surface area (TPSA) is 119 Å². The van der Waals surface area contributed by atoms with Gasteiger partial charge in [-0.05, 0) is 32.0 Å². The van der Waals surface area contributed by atoms with Crippen LogP contribution < -0.4 is 10.2 Å². The van der Waals surface area contributed by atoms with Gasteiger partial charge in [-0.3, -0.25) is 19.7 Å². The first-order valence-corrected chi connectivity index (χ1v) is 8.91. The summed E-state index contributed by atoms with van der Waals surface area (Å²) in [5, 5.41) is 14.0.